The first-order valence-corrected chi connectivity index (χ1v) is 4.04. The number of rotatable bonds is 3. The molecular weight excluding hydrogens is 132 g/mol. The van der Waals surface area contributed by atoms with E-state index in [0.717, 1.165) is 5.57 Å². The molecule has 0 saturated heterocycles. The first-order chi connectivity index (χ1) is 5.04. The topological polar surface area (TPSA) is 0 Å². The number of hydrogen-bond acceptors (Lipinski definition) is 0. The summed E-state index contributed by atoms with van der Waals surface area (Å²) in [6.07, 6.45) is 6.21. The molecule has 0 aliphatic heterocycles. The van der Waals surface area contributed by atoms with E-state index in [0.29, 0.717) is 5.92 Å². The second-order valence-corrected chi connectivity index (χ2v) is 3.27. The predicted molar refractivity (Wildman–Crippen MR) is 52.5 cm³/mol. The molecule has 0 fully saturated rings. The van der Waals surface area contributed by atoms with Gasteiger partial charge in [0.15, 0.2) is 0 Å². The van der Waals surface area contributed by atoms with Crippen LogP contribution in [-0.4, -0.2) is 0 Å². The Bertz CT molecular complexity index is 180. The zero-order valence-electron chi connectivity index (χ0n) is 8.02. The van der Waals surface area contributed by atoms with Gasteiger partial charge in [-0.1, -0.05) is 49.8 Å². The molecule has 0 aromatic carbocycles. The van der Waals surface area contributed by atoms with Gasteiger partial charge in [-0.05, 0) is 19.8 Å². The van der Waals surface area contributed by atoms with Gasteiger partial charge in [0.1, 0.15) is 0 Å². The summed E-state index contributed by atoms with van der Waals surface area (Å²) in [5, 5.41) is 0. The van der Waals surface area contributed by atoms with Crippen molar-refractivity contribution in [3.8, 4) is 0 Å². The van der Waals surface area contributed by atoms with Gasteiger partial charge in [-0.25, -0.2) is 0 Å². The molecule has 0 spiro atoms. The highest BCUT2D eigenvalue weighted by Crippen LogP contribution is 2.07. The van der Waals surface area contributed by atoms with Crippen molar-refractivity contribution in [2.75, 3.05) is 0 Å². The predicted octanol–water partition coefficient (Wildman–Crippen LogP) is 3.72. The fourth-order valence-corrected chi connectivity index (χ4v) is 0.557. The zero-order chi connectivity index (χ0) is 8.85. The molecule has 0 heteroatoms. The third-order valence-corrected chi connectivity index (χ3v) is 1.65. The van der Waals surface area contributed by atoms with E-state index in [2.05, 4.69) is 39.5 Å². The van der Waals surface area contributed by atoms with Crippen molar-refractivity contribution in [3.63, 3.8) is 0 Å². The van der Waals surface area contributed by atoms with Crippen LogP contribution < -0.4 is 0 Å². The Labute approximate surface area is 70.3 Å². The van der Waals surface area contributed by atoms with Gasteiger partial charge < -0.3 is 0 Å². The first-order valence-electron chi connectivity index (χ1n) is 4.04. The Hall–Kier alpha value is -0.780. The maximum absolute atomic E-state index is 3.78. The molecule has 0 amide bonds. The smallest absolute Gasteiger partial charge is 0.0260 e. The molecule has 0 aromatic heterocycles. The maximum Gasteiger partial charge on any atom is -0.0260 e. The quantitative estimate of drug-likeness (QED) is 0.538. The molecule has 0 radical (unpaired) electrons. The van der Waals surface area contributed by atoms with Crippen molar-refractivity contribution >= 4 is 0 Å². The largest absolute Gasteiger partial charge is 0.0961 e. The van der Waals surface area contributed by atoms with Crippen LogP contribution in [0, 0.1) is 5.92 Å². The van der Waals surface area contributed by atoms with Crippen molar-refractivity contribution in [1.29, 1.82) is 0 Å². The second kappa shape index (κ2) is 4.95. The summed E-state index contributed by atoms with van der Waals surface area (Å²) in [6.45, 7) is 12.3. The van der Waals surface area contributed by atoms with Crippen LogP contribution in [0.5, 0.6) is 0 Å². The van der Waals surface area contributed by atoms with Crippen molar-refractivity contribution < 1.29 is 0 Å². The summed E-state index contributed by atoms with van der Waals surface area (Å²) < 4.78 is 0. The Kier molecular flexibility index (Phi) is 4.60. The Morgan fingerprint density at radius 2 is 1.82 bits per heavy atom. The SMILES string of the molecule is C=C(C)/C=C\C=C(/C)C(C)C. The molecule has 0 atom stereocenters. The summed E-state index contributed by atoms with van der Waals surface area (Å²) in [4.78, 5) is 0. The lowest BCUT2D eigenvalue weighted by atomic mass is 10.1. The minimum Gasteiger partial charge on any atom is -0.0961 e. The fourth-order valence-electron chi connectivity index (χ4n) is 0.557. The van der Waals surface area contributed by atoms with Crippen LogP contribution in [0.4, 0.5) is 0 Å². The van der Waals surface area contributed by atoms with Crippen LogP contribution in [0.25, 0.3) is 0 Å². The highest BCUT2D eigenvalue weighted by Gasteiger charge is 1.91. The van der Waals surface area contributed by atoms with Crippen LogP contribution >= 0.6 is 0 Å². The van der Waals surface area contributed by atoms with Gasteiger partial charge in [0.25, 0.3) is 0 Å². The lowest BCUT2D eigenvalue weighted by molar-refractivity contribution is 0.769. The molecule has 0 rings (SSSR count). The highest BCUT2D eigenvalue weighted by atomic mass is 14.0. The summed E-state index contributed by atoms with van der Waals surface area (Å²) in [5.41, 5.74) is 2.50. The van der Waals surface area contributed by atoms with E-state index in [4.69, 9.17) is 0 Å². The van der Waals surface area contributed by atoms with Gasteiger partial charge in [0, 0.05) is 0 Å². The first kappa shape index (κ1) is 10.2. The van der Waals surface area contributed by atoms with Crippen LogP contribution in [0.2, 0.25) is 0 Å². The zero-order valence-corrected chi connectivity index (χ0v) is 8.02. The molecule has 11 heavy (non-hydrogen) atoms. The normalized spacial score (nSPS) is 13.0. The number of hydrogen-bond donors (Lipinski definition) is 0. The van der Waals surface area contributed by atoms with E-state index >= 15 is 0 Å². The van der Waals surface area contributed by atoms with E-state index < -0.39 is 0 Å². The molecule has 62 valence electrons. The molecule has 0 aromatic rings. The second-order valence-electron chi connectivity index (χ2n) is 3.27. The monoisotopic (exact) mass is 150 g/mol. The van der Waals surface area contributed by atoms with Crippen molar-refractivity contribution in [2.45, 2.75) is 27.7 Å². The van der Waals surface area contributed by atoms with Crippen LogP contribution in [0.1, 0.15) is 27.7 Å². The lowest BCUT2D eigenvalue weighted by Crippen LogP contribution is -1.86. The molecule has 0 saturated carbocycles. The van der Waals surface area contributed by atoms with Crippen LogP contribution in [0.15, 0.2) is 36.0 Å². The van der Waals surface area contributed by atoms with E-state index in [1.54, 1.807) is 0 Å². The average molecular weight is 150 g/mol. The molecule has 0 aliphatic carbocycles. The van der Waals surface area contributed by atoms with Crippen molar-refractivity contribution in [3.05, 3.63) is 36.0 Å². The van der Waals surface area contributed by atoms with Crippen molar-refractivity contribution in [2.24, 2.45) is 5.92 Å². The van der Waals surface area contributed by atoms with Gasteiger partial charge in [0.2, 0.25) is 0 Å². The molecule has 0 bridgehead atoms. The third kappa shape index (κ3) is 5.65. The summed E-state index contributed by atoms with van der Waals surface area (Å²) in [6, 6.07) is 0. The van der Waals surface area contributed by atoms with Crippen molar-refractivity contribution in [1.82, 2.24) is 0 Å². The Balaban J connectivity index is 4.01. The van der Waals surface area contributed by atoms with Gasteiger partial charge >= 0.3 is 0 Å². The Morgan fingerprint density at radius 3 is 2.18 bits per heavy atom. The van der Waals surface area contributed by atoms with Gasteiger partial charge in [0.05, 0.1) is 0 Å². The summed E-state index contributed by atoms with van der Waals surface area (Å²) in [7, 11) is 0. The van der Waals surface area contributed by atoms with E-state index in [1.807, 2.05) is 13.0 Å². The minimum atomic E-state index is 0.643. The molecule has 0 unspecified atom stereocenters. The molecule has 0 heterocycles. The fraction of sp³-hybridized carbons (Fsp3) is 0.455. The van der Waals surface area contributed by atoms with Gasteiger partial charge in [-0.3, -0.25) is 0 Å². The maximum atomic E-state index is 3.78. The molecule has 0 N–H and O–H groups in total. The third-order valence-electron chi connectivity index (χ3n) is 1.65. The minimum absolute atomic E-state index is 0.643. The van der Waals surface area contributed by atoms with E-state index in [1.165, 1.54) is 5.57 Å². The van der Waals surface area contributed by atoms with Crippen LogP contribution in [-0.2, 0) is 0 Å². The van der Waals surface area contributed by atoms with E-state index in [9.17, 15) is 0 Å². The number of allylic oxidation sites excluding steroid dienone is 5. The van der Waals surface area contributed by atoms with Gasteiger partial charge in [-0.2, -0.15) is 0 Å². The molecular formula is C11H18. The standard InChI is InChI=1S/C11H18/c1-9(2)7-6-8-11(5)10(3)4/h6-8,10H,1H2,2-5H3/b7-6-,11-8+. The molecule has 0 aliphatic rings. The summed E-state index contributed by atoms with van der Waals surface area (Å²) >= 11 is 0. The summed E-state index contributed by atoms with van der Waals surface area (Å²) in [5.74, 6) is 0.643. The average Bonchev–Trinajstić information content (AvgIpc) is 1.86. The molecule has 0 nitrogen and oxygen atoms in total. The Morgan fingerprint density at radius 1 is 1.27 bits per heavy atom. The van der Waals surface area contributed by atoms with E-state index in [-0.39, 0.29) is 0 Å². The van der Waals surface area contributed by atoms with Crippen LogP contribution in [0.3, 0.4) is 0 Å². The van der Waals surface area contributed by atoms with Gasteiger partial charge in [-0.15, -0.1) is 0 Å². The highest BCUT2D eigenvalue weighted by molar-refractivity contribution is 5.20. The lowest BCUT2D eigenvalue weighted by Gasteiger charge is -2.01.